The van der Waals surface area contributed by atoms with Crippen LogP contribution in [0.3, 0.4) is 0 Å². The van der Waals surface area contributed by atoms with Crippen LogP contribution in [-0.2, 0) is 9.53 Å². The van der Waals surface area contributed by atoms with Gasteiger partial charge in [-0.3, -0.25) is 19.1 Å². The number of hydrogen-bond donors (Lipinski definition) is 1. The van der Waals surface area contributed by atoms with Crippen molar-refractivity contribution in [1.29, 1.82) is 0 Å². The Bertz CT molecular complexity index is 1400. The summed E-state index contributed by atoms with van der Waals surface area (Å²) in [5.74, 6) is -0.478. The van der Waals surface area contributed by atoms with Gasteiger partial charge in [0.1, 0.15) is 11.4 Å². The number of nitrogens with one attached hydrogen (secondary N) is 1. The average molecular weight is 554 g/mol. The third-order valence-electron chi connectivity index (χ3n) is 7.19. The van der Waals surface area contributed by atoms with E-state index in [0.717, 1.165) is 29.5 Å². The molecule has 1 aliphatic carbocycles. The summed E-state index contributed by atoms with van der Waals surface area (Å²) in [5.41, 5.74) is 5.49. The molecule has 0 spiro atoms. The molecule has 0 saturated heterocycles. The first-order valence-corrected chi connectivity index (χ1v) is 14.2. The lowest BCUT2D eigenvalue weighted by atomic mass is 9.98. The maximum Gasteiger partial charge on any atom is 0.320 e. The molecule has 0 saturated carbocycles. The van der Waals surface area contributed by atoms with Gasteiger partial charge < -0.3 is 15.3 Å². The van der Waals surface area contributed by atoms with Crippen molar-refractivity contribution in [2.24, 2.45) is 0 Å². The predicted molar refractivity (Wildman–Crippen MR) is 166 cm³/mol. The highest BCUT2D eigenvalue weighted by molar-refractivity contribution is 6.08. The molecule has 0 heterocycles. The number of carbonyl (C=O) groups is 2. The van der Waals surface area contributed by atoms with Crippen molar-refractivity contribution in [2.45, 2.75) is 33.1 Å². The number of rotatable bonds is 12. The van der Waals surface area contributed by atoms with Crippen LogP contribution in [0.1, 0.15) is 42.1 Å². The largest absolute Gasteiger partial charge is 0.622 e. The first kappa shape index (κ1) is 29.9. The lowest BCUT2D eigenvalue weighted by molar-refractivity contribution is -0.144. The molecular formula is C34H39N3O4. The lowest BCUT2D eigenvalue weighted by Crippen LogP contribution is -2.44. The van der Waals surface area contributed by atoms with Crippen LogP contribution < -0.4 is 9.96 Å². The smallest absolute Gasteiger partial charge is 0.320 e. The Morgan fingerprint density at radius 3 is 2.41 bits per heavy atom. The number of likely N-dealkylation sites (N-methyl/N-ethyl adjacent to an activating group) is 1. The minimum atomic E-state index is -0.603. The van der Waals surface area contributed by atoms with Crippen molar-refractivity contribution < 1.29 is 14.3 Å². The van der Waals surface area contributed by atoms with Crippen LogP contribution in [0.5, 0.6) is 0 Å². The highest BCUT2D eigenvalue weighted by Gasteiger charge is 2.26. The molecule has 41 heavy (non-hydrogen) atoms. The van der Waals surface area contributed by atoms with Gasteiger partial charge in [-0.15, -0.1) is 0 Å². The second-order valence-corrected chi connectivity index (χ2v) is 10.4. The Morgan fingerprint density at radius 1 is 1.00 bits per heavy atom. The number of esters is 1. The Morgan fingerprint density at radius 2 is 1.73 bits per heavy atom. The van der Waals surface area contributed by atoms with Gasteiger partial charge in [-0.2, -0.15) is 0 Å². The van der Waals surface area contributed by atoms with Crippen LogP contribution in [0.15, 0.2) is 96.7 Å². The predicted octanol–water partition coefficient (Wildman–Crippen LogP) is 6.84. The summed E-state index contributed by atoms with van der Waals surface area (Å²) in [4.78, 5) is 27.0. The first-order chi connectivity index (χ1) is 19.8. The molecule has 0 bridgehead atoms. The molecule has 1 atom stereocenters. The summed E-state index contributed by atoms with van der Waals surface area (Å²) in [6, 6.07) is 22.8. The zero-order chi connectivity index (χ0) is 29.2. The van der Waals surface area contributed by atoms with Gasteiger partial charge in [0.15, 0.2) is 0 Å². The summed E-state index contributed by atoms with van der Waals surface area (Å²) >= 11 is 0. The number of aryl methyl sites for hydroxylation is 1. The summed E-state index contributed by atoms with van der Waals surface area (Å²) in [6.07, 6.45) is 8.29. The van der Waals surface area contributed by atoms with Crippen LogP contribution in [0.25, 0.3) is 11.1 Å². The van der Waals surface area contributed by atoms with Gasteiger partial charge in [-0.1, -0.05) is 54.1 Å². The number of quaternary nitrogens is 1. The van der Waals surface area contributed by atoms with E-state index in [4.69, 9.17) is 4.74 Å². The van der Waals surface area contributed by atoms with Crippen LogP contribution in [-0.4, -0.2) is 50.1 Å². The van der Waals surface area contributed by atoms with E-state index >= 15 is 0 Å². The highest BCUT2D eigenvalue weighted by atomic mass is 16.5. The highest BCUT2D eigenvalue weighted by Crippen LogP contribution is 2.33. The SMILES string of the molecule is CCOC(=O)CN(C)CCC[N+]([O-])(C1=CCCC=C1)c1ccc(NC(=O)c2ccccc2-c2ccc(C)cc2)cc1. The number of anilines is 1. The van der Waals surface area contributed by atoms with E-state index in [2.05, 4.69) is 5.32 Å². The van der Waals surface area contributed by atoms with E-state index in [1.807, 2.05) is 85.6 Å². The second kappa shape index (κ2) is 14.0. The summed E-state index contributed by atoms with van der Waals surface area (Å²) in [6.45, 7) is 5.27. The van der Waals surface area contributed by atoms with E-state index in [-0.39, 0.29) is 18.4 Å². The fraction of sp³-hybridized carbons (Fsp3) is 0.294. The van der Waals surface area contributed by atoms with Crippen LogP contribution in [0.4, 0.5) is 11.4 Å². The van der Waals surface area contributed by atoms with Crippen molar-refractivity contribution in [3.8, 4) is 11.1 Å². The second-order valence-electron chi connectivity index (χ2n) is 10.4. The molecule has 214 valence electrons. The van der Waals surface area contributed by atoms with Gasteiger partial charge >= 0.3 is 5.97 Å². The Hall–Kier alpha value is -4.04. The number of nitrogens with zero attached hydrogens (tertiary/aromatic N) is 2. The van der Waals surface area contributed by atoms with Gasteiger partial charge in [0, 0.05) is 36.3 Å². The number of carbonyl (C=O) groups excluding carboxylic acids is 2. The monoisotopic (exact) mass is 553 g/mol. The maximum atomic E-state index is 14.4. The summed E-state index contributed by atoms with van der Waals surface area (Å²) in [7, 11) is 1.85. The number of hydrogen-bond acceptors (Lipinski definition) is 5. The van der Waals surface area contributed by atoms with Gasteiger partial charge in [-0.05, 0) is 75.2 Å². The number of amides is 1. The number of allylic oxidation sites excluding steroid dienone is 3. The average Bonchev–Trinajstić information content (AvgIpc) is 2.98. The van der Waals surface area contributed by atoms with Gasteiger partial charge in [0.25, 0.3) is 5.91 Å². The Kier molecular flexibility index (Phi) is 10.2. The van der Waals surface area contributed by atoms with E-state index < -0.39 is 4.65 Å². The van der Waals surface area contributed by atoms with E-state index in [1.54, 1.807) is 31.2 Å². The molecule has 3 aromatic rings. The fourth-order valence-corrected chi connectivity index (χ4v) is 4.99. The minimum Gasteiger partial charge on any atom is -0.622 e. The Balaban J connectivity index is 1.48. The van der Waals surface area contributed by atoms with Crippen molar-refractivity contribution in [3.05, 3.63) is 113 Å². The van der Waals surface area contributed by atoms with E-state index in [1.165, 1.54) is 0 Å². The molecule has 0 aliphatic heterocycles. The van der Waals surface area contributed by atoms with Gasteiger partial charge in [0.05, 0.1) is 19.7 Å². The summed E-state index contributed by atoms with van der Waals surface area (Å²) < 4.78 is 4.43. The normalized spacial score (nSPS) is 14.3. The van der Waals surface area contributed by atoms with Crippen molar-refractivity contribution >= 4 is 23.3 Å². The van der Waals surface area contributed by atoms with E-state index in [9.17, 15) is 14.8 Å². The molecule has 1 amide bonds. The minimum absolute atomic E-state index is 0.191. The molecular weight excluding hydrogens is 514 g/mol. The number of ether oxygens (including phenoxy) is 1. The quantitative estimate of drug-likeness (QED) is 0.151. The van der Waals surface area contributed by atoms with Crippen LogP contribution in [0, 0.1) is 12.1 Å². The third kappa shape index (κ3) is 7.79. The fourth-order valence-electron chi connectivity index (χ4n) is 4.99. The van der Waals surface area contributed by atoms with Crippen molar-refractivity contribution in [3.63, 3.8) is 0 Å². The van der Waals surface area contributed by atoms with Crippen molar-refractivity contribution in [2.75, 3.05) is 38.6 Å². The van der Waals surface area contributed by atoms with Crippen molar-refractivity contribution in [1.82, 2.24) is 9.55 Å². The third-order valence-corrected chi connectivity index (χ3v) is 7.19. The first-order valence-electron chi connectivity index (χ1n) is 14.2. The molecule has 1 aliphatic rings. The van der Waals surface area contributed by atoms with Gasteiger partial charge in [0.2, 0.25) is 0 Å². The number of benzene rings is 3. The summed E-state index contributed by atoms with van der Waals surface area (Å²) in [5, 5.41) is 17.4. The zero-order valence-electron chi connectivity index (χ0n) is 24.1. The molecule has 0 fully saturated rings. The molecule has 3 aromatic carbocycles. The van der Waals surface area contributed by atoms with Crippen LogP contribution in [0.2, 0.25) is 0 Å². The molecule has 4 rings (SSSR count). The number of hydroxylamine groups is 2. The molecule has 0 aromatic heterocycles. The lowest BCUT2D eigenvalue weighted by Gasteiger charge is -2.43. The maximum absolute atomic E-state index is 14.4. The topological polar surface area (TPSA) is 81.7 Å². The molecule has 0 radical (unpaired) electrons. The standard InChI is InChI=1S/C34H39N3O4/c1-4-41-33(38)25-36(3)23-10-24-37(40,29-11-6-5-7-12-29)30-21-19-28(20-22-30)35-34(39)32-14-9-8-13-31(32)27-17-15-26(2)16-18-27/h6,8-9,11-22H,4-5,7,10,23-25H2,1-3H3,(H,35,39). The van der Waals surface area contributed by atoms with Gasteiger partial charge in [-0.25, -0.2) is 0 Å². The molecule has 7 heteroatoms. The zero-order valence-corrected chi connectivity index (χ0v) is 24.1. The van der Waals surface area contributed by atoms with E-state index in [0.29, 0.717) is 48.8 Å². The molecule has 1 N–H and O–H groups in total. The molecule has 7 nitrogen and oxygen atoms in total. The Labute approximate surface area is 242 Å². The molecule has 1 unspecified atom stereocenters. The van der Waals surface area contributed by atoms with Crippen LogP contribution >= 0.6 is 0 Å².